The average Bonchev–Trinajstić information content (AvgIpc) is 3.37. The number of nitrogens with zero attached hydrogens (tertiary/aromatic N) is 2. The standard InChI is InChI=1S/C46H46N2/c1-27(2)34-16-11-17-35(28(3)4)43(34)47-45-40-21-13-20-39-38(33-23-22-31-14-9-10-15-32(31)26-33)24-25-41(42(39)40)46(45)48-44-36(29(5)6)18-12-19-37(44)30(7)8/h9-30H,1-8H3. The lowest BCUT2D eigenvalue weighted by molar-refractivity contribution is 0.834. The van der Waals surface area contributed by atoms with E-state index in [4.69, 9.17) is 9.98 Å². The quantitative estimate of drug-likeness (QED) is 0.168. The van der Waals surface area contributed by atoms with E-state index in [1.807, 2.05) is 0 Å². The van der Waals surface area contributed by atoms with E-state index in [9.17, 15) is 0 Å². The largest absolute Gasteiger partial charge is 0.245 e. The average molecular weight is 627 g/mol. The molecule has 2 heteroatoms. The molecule has 7 rings (SSSR count). The van der Waals surface area contributed by atoms with Crippen molar-refractivity contribution in [2.75, 3.05) is 0 Å². The van der Waals surface area contributed by atoms with Crippen molar-refractivity contribution < 1.29 is 0 Å². The van der Waals surface area contributed by atoms with Crippen LogP contribution >= 0.6 is 0 Å². The molecule has 1 aliphatic carbocycles. The van der Waals surface area contributed by atoms with Gasteiger partial charge in [-0.3, -0.25) is 0 Å². The summed E-state index contributed by atoms with van der Waals surface area (Å²) in [5.74, 6) is 1.38. The van der Waals surface area contributed by atoms with Gasteiger partial charge in [-0.15, -0.1) is 0 Å². The van der Waals surface area contributed by atoms with Crippen LogP contribution < -0.4 is 0 Å². The Balaban J connectivity index is 1.56. The number of hydrogen-bond donors (Lipinski definition) is 0. The molecule has 0 amide bonds. The number of para-hydroxylation sites is 2. The Morgan fingerprint density at radius 2 is 0.854 bits per heavy atom. The minimum Gasteiger partial charge on any atom is -0.245 e. The second-order valence-electron chi connectivity index (χ2n) is 14.6. The van der Waals surface area contributed by atoms with Crippen molar-refractivity contribution in [2.24, 2.45) is 9.98 Å². The van der Waals surface area contributed by atoms with Crippen molar-refractivity contribution >= 4 is 44.3 Å². The first-order chi connectivity index (χ1) is 23.1. The molecular formula is C46H46N2. The molecule has 0 bridgehead atoms. The van der Waals surface area contributed by atoms with Gasteiger partial charge in [0, 0.05) is 16.5 Å². The first-order valence-electron chi connectivity index (χ1n) is 17.6. The van der Waals surface area contributed by atoms with Crippen LogP contribution in [-0.4, -0.2) is 11.4 Å². The van der Waals surface area contributed by atoms with Gasteiger partial charge in [-0.05, 0) is 79.3 Å². The molecule has 0 atom stereocenters. The van der Waals surface area contributed by atoms with E-state index in [1.54, 1.807) is 0 Å². The van der Waals surface area contributed by atoms with Gasteiger partial charge in [0.05, 0.1) is 22.8 Å². The van der Waals surface area contributed by atoms with Crippen molar-refractivity contribution in [2.45, 2.75) is 79.1 Å². The molecule has 240 valence electrons. The van der Waals surface area contributed by atoms with Gasteiger partial charge in [0.2, 0.25) is 0 Å². The number of aliphatic imine (C=N–C) groups is 2. The number of fused-ring (bicyclic) bond motifs is 1. The molecule has 0 aromatic heterocycles. The van der Waals surface area contributed by atoms with E-state index < -0.39 is 0 Å². The SMILES string of the molecule is CC(C)c1cccc(C(C)C)c1N=C1C(=Nc2c(C(C)C)cccc2C(C)C)c2ccc(-c3ccc4ccccc4c3)c3cccc1c23. The summed E-state index contributed by atoms with van der Waals surface area (Å²) < 4.78 is 0. The van der Waals surface area contributed by atoms with Gasteiger partial charge < -0.3 is 0 Å². The van der Waals surface area contributed by atoms with Gasteiger partial charge in [-0.1, -0.05) is 159 Å². The minimum absolute atomic E-state index is 0.344. The lowest BCUT2D eigenvalue weighted by atomic mass is 9.92. The van der Waals surface area contributed by atoms with E-state index in [1.165, 1.54) is 54.9 Å². The third-order valence-electron chi connectivity index (χ3n) is 9.97. The predicted octanol–water partition coefficient (Wildman–Crippen LogP) is 13.4. The molecule has 0 fully saturated rings. The molecule has 0 spiro atoms. The molecule has 0 saturated carbocycles. The highest BCUT2D eigenvalue weighted by Gasteiger charge is 2.30. The van der Waals surface area contributed by atoms with Crippen LogP contribution in [0.2, 0.25) is 0 Å². The van der Waals surface area contributed by atoms with Crippen LogP contribution in [0.4, 0.5) is 11.4 Å². The van der Waals surface area contributed by atoms with Crippen LogP contribution in [0.5, 0.6) is 0 Å². The third-order valence-corrected chi connectivity index (χ3v) is 9.97. The van der Waals surface area contributed by atoms with Crippen molar-refractivity contribution in [1.29, 1.82) is 0 Å². The highest BCUT2D eigenvalue weighted by Crippen LogP contribution is 2.43. The Labute approximate surface area is 286 Å². The Kier molecular flexibility index (Phi) is 8.37. The molecule has 0 aliphatic heterocycles. The molecule has 1 aliphatic rings. The first kappa shape index (κ1) is 31.8. The fourth-order valence-electron chi connectivity index (χ4n) is 7.40. The molecule has 0 radical (unpaired) electrons. The van der Waals surface area contributed by atoms with Crippen LogP contribution in [0.3, 0.4) is 0 Å². The lowest BCUT2D eigenvalue weighted by Gasteiger charge is -2.19. The summed E-state index contributed by atoms with van der Waals surface area (Å²) >= 11 is 0. The van der Waals surface area contributed by atoms with E-state index in [0.29, 0.717) is 23.7 Å². The maximum Gasteiger partial charge on any atom is 0.0979 e. The Morgan fingerprint density at radius 3 is 1.38 bits per heavy atom. The van der Waals surface area contributed by atoms with Crippen molar-refractivity contribution in [3.05, 3.63) is 143 Å². The van der Waals surface area contributed by atoms with E-state index in [-0.39, 0.29) is 0 Å². The number of benzene rings is 6. The summed E-state index contributed by atoms with van der Waals surface area (Å²) in [4.78, 5) is 11.4. The molecule has 6 aromatic rings. The van der Waals surface area contributed by atoms with Crippen molar-refractivity contribution in [3.63, 3.8) is 0 Å². The normalized spacial score (nSPS) is 14.7. The summed E-state index contributed by atoms with van der Waals surface area (Å²) in [7, 11) is 0. The van der Waals surface area contributed by atoms with Crippen LogP contribution in [0.1, 0.15) is 112 Å². The van der Waals surface area contributed by atoms with Crippen LogP contribution in [-0.2, 0) is 0 Å². The zero-order valence-corrected chi connectivity index (χ0v) is 29.6. The first-order valence-corrected chi connectivity index (χ1v) is 17.6. The molecular weight excluding hydrogens is 581 g/mol. The second kappa shape index (κ2) is 12.7. The monoisotopic (exact) mass is 626 g/mol. The van der Waals surface area contributed by atoms with Crippen molar-refractivity contribution in [1.82, 2.24) is 0 Å². The summed E-state index contributed by atoms with van der Waals surface area (Å²) in [5, 5.41) is 4.98. The predicted molar refractivity (Wildman–Crippen MR) is 209 cm³/mol. The summed E-state index contributed by atoms with van der Waals surface area (Å²) in [5.41, 5.74) is 14.0. The van der Waals surface area contributed by atoms with Gasteiger partial charge in [0.15, 0.2) is 0 Å². The van der Waals surface area contributed by atoms with Crippen LogP contribution in [0.25, 0.3) is 32.7 Å². The highest BCUT2D eigenvalue weighted by molar-refractivity contribution is 6.61. The van der Waals surface area contributed by atoms with Gasteiger partial charge in [0.1, 0.15) is 0 Å². The lowest BCUT2D eigenvalue weighted by Crippen LogP contribution is -2.12. The molecule has 6 aromatic carbocycles. The fourth-order valence-corrected chi connectivity index (χ4v) is 7.40. The van der Waals surface area contributed by atoms with Crippen LogP contribution in [0.15, 0.2) is 119 Å². The zero-order chi connectivity index (χ0) is 33.7. The maximum atomic E-state index is 5.70. The van der Waals surface area contributed by atoms with Gasteiger partial charge in [-0.25, -0.2) is 9.98 Å². The van der Waals surface area contributed by atoms with Gasteiger partial charge >= 0.3 is 0 Å². The smallest absolute Gasteiger partial charge is 0.0979 e. The van der Waals surface area contributed by atoms with Gasteiger partial charge in [0.25, 0.3) is 0 Å². The summed E-state index contributed by atoms with van der Waals surface area (Å²) in [6.07, 6.45) is 0. The summed E-state index contributed by atoms with van der Waals surface area (Å²) in [6, 6.07) is 40.1. The highest BCUT2D eigenvalue weighted by atomic mass is 14.9. The van der Waals surface area contributed by atoms with E-state index in [2.05, 4.69) is 165 Å². The fraction of sp³-hybridized carbons (Fsp3) is 0.261. The number of hydrogen-bond acceptors (Lipinski definition) is 2. The van der Waals surface area contributed by atoms with Crippen molar-refractivity contribution in [3.8, 4) is 11.1 Å². The molecule has 0 saturated heterocycles. The van der Waals surface area contributed by atoms with Gasteiger partial charge in [-0.2, -0.15) is 0 Å². The maximum absolute atomic E-state index is 5.70. The summed E-state index contributed by atoms with van der Waals surface area (Å²) in [6.45, 7) is 18.2. The van der Waals surface area contributed by atoms with E-state index in [0.717, 1.165) is 33.9 Å². The molecule has 2 nitrogen and oxygen atoms in total. The van der Waals surface area contributed by atoms with Crippen LogP contribution in [0, 0.1) is 0 Å². The Bertz CT molecular complexity index is 2110. The molecule has 0 unspecified atom stereocenters. The molecule has 0 N–H and O–H groups in total. The third kappa shape index (κ3) is 5.48. The molecule has 0 heterocycles. The second-order valence-corrected chi connectivity index (χ2v) is 14.6. The number of rotatable bonds is 7. The van der Waals surface area contributed by atoms with E-state index >= 15 is 0 Å². The zero-order valence-electron chi connectivity index (χ0n) is 29.6. The Morgan fingerprint density at radius 1 is 0.396 bits per heavy atom. The Hall–Kier alpha value is -4.82. The molecule has 48 heavy (non-hydrogen) atoms. The topological polar surface area (TPSA) is 24.7 Å². The minimum atomic E-state index is 0.344.